The number of aromatic nitrogens is 1. The zero-order valence-electron chi connectivity index (χ0n) is 20.1. The summed E-state index contributed by atoms with van der Waals surface area (Å²) in [5.74, 6) is -3.70. The average molecular weight is 546 g/mol. The second-order valence-corrected chi connectivity index (χ2v) is 9.07. The highest BCUT2D eigenvalue weighted by Crippen LogP contribution is 2.47. The van der Waals surface area contributed by atoms with Crippen LogP contribution in [-0.4, -0.2) is 41.2 Å². The maximum Gasteiger partial charge on any atom is 0.424 e. The molecule has 0 saturated heterocycles. The van der Waals surface area contributed by atoms with Crippen molar-refractivity contribution in [2.75, 3.05) is 13.2 Å². The van der Waals surface area contributed by atoms with E-state index < -0.39 is 58.4 Å². The Labute approximate surface area is 217 Å². The molecule has 0 radical (unpaired) electrons. The largest absolute Gasteiger partial charge is 0.489 e. The molecule has 3 aromatic rings. The van der Waals surface area contributed by atoms with E-state index in [4.69, 9.17) is 15.7 Å². The van der Waals surface area contributed by atoms with Gasteiger partial charge in [-0.3, -0.25) is 9.59 Å². The van der Waals surface area contributed by atoms with Gasteiger partial charge in [0, 0.05) is 16.7 Å². The van der Waals surface area contributed by atoms with Crippen LogP contribution < -0.4 is 15.8 Å². The first-order chi connectivity index (χ1) is 18.2. The molecule has 202 valence electrons. The molecule has 4 rings (SSSR count). The summed E-state index contributed by atoms with van der Waals surface area (Å²) in [6.45, 7) is -0.434. The van der Waals surface area contributed by atoms with Crippen molar-refractivity contribution in [2.45, 2.75) is 24.1 Å². The first-order valence-electron chi connectivity index (χ1n) is 11.2. The molecular weight excluding hydrogens is 527 g/mol. The van der Waals surface area contributed by atoms with Gasteiger partial charge in [0.15, 0.2) is 0 Å². The van der Waals surface area contributed by atoms with E-state index in [1.807, 2.05) is 5.32 Å². The number of carbonyl (C=O) groups is 2. The SMILES string of the molecule is C[C@]1(C(N)=O)COc2c1cc(C(O)(CNC(=O)c1ccc(F)c(C#N)c1)C(F)(F)F)nc2-c1ccc(F)cc1. The lowest BCUT2D eigenvalue weighted by Crippen LogP contribution is -2.51. The van der Waals surface area contributed by atoms with Gasteiger partial charge in [0.1, 0.15) is 41.2 Å². The molecule has 1 aromatic heterocycles. The Morgan fingerprint density at radius 1 is 1.18 bits per heavy atom. The molecule has 4 N–H and O–H groups in total. The normalized spacial score (nSPS) is 17.9. The quantitative estimate of drug-likeness (QED) is 0.406. The van der Waals surface area contributed by atoms with Crippen LogP contribution in [0.15, 0.2) is 48.5 Å². The maximum atomic E-state index is 14.4. The van der Waals surface area contributed by atoms with Crippen LogP contribution >= 0.6 is 0 Å². The Morgan fingerprint density at radius 2 is 1.85 bits per heavy atom. The predicted octanol–water partition coefficient (Wildman–Crippen LogP) is 3.21. The minimum Gasteiger partial charge on any atom is -0.489 e. The molecule has 1 unspecified atom stereocenters. The Hall–Kier alpha value is -4.57. The number of aliphatic hydroxyl groups is 1. The van der Waals surface area contributed by atoms with Crippen LogP contribution in [0.5, 0.6) is 5.75 Å². The van der Waals surface area contributed by atoms with E-state index in [1.54, 1.807) is 0 Å². The maximum absolute atomic E-state index is 14.4. The van der Waals surface area contributed by atoms with E-state index in [2.05, 4.69) is 4.98 Å². The molecule has 2 aromatic carbocycles. The molecule has 39 heavy (non-hydrogen) atoms. The number of alkyl halides is 3. The monoisotopic (exact) mass is 546 g/mol. The number of nitrogens with zero attached hydrogens (tertiary/aromatic N) is 2. The van der Waals surface area contributed by atoms with Crippen LogP contribution in [-0.2, 0) is 15.8 Å². The minimum atomic E-state index is -5.41. The lowest BCUT2D eigenvalue weighted by Gasteiger charge is -2.31. The Balaban J connectivity index is 1.83. The average Bonchev–Trinajstić information content (AvgIpc) is 3.24. The van der Waals surface area contributed by atoms with Gasteiger partial charge in [-0.2, -0.15) is 18.4 Å². The lowest BCUT2D eigenvalue weighted by molar-refractivity contribution is -0.265. The summed E-state index contributed by atoms with van der Waals surface area (Å²) < 4.78 is 75.9. The number of ether oxygens (including phenoxy) is 1. The Kier molecular flexibility index (Phi) is 6.78. The summed E-state index contributed by atoms with van der Waals surface area (Å²) in [5, 5.41) is 21.9. The number of benzene rings is 2. The number of hydrogen-bond donors (Lipinski definition) is 3. The van der Waals surface area contributed by atoms with Crippen molar-refractivity contribution in [1.29, 1.82) is 5.26 Å². The van der Waals surface area contributed by atoms with Gasteiger partial charge in [0.05, 0.1) is 17.8 Å². The molecule has 0 bridgehead atoms. The van der Waals surface area contributed by atoms with Crippen LogP contribution in [0.4, 0.5) is 22.0 Å². The molecule has 1 aliphatic heterocycles. The van der Waals surface area contributed by atoms with Gasteiger partial charge < -0.3 is 20.9 Å². The molecule has 0 aliphatic carbocycles. The van der Waals surface area contributed by atoms with Crippen LogP contribution in [0.2, 0.25) is 0 Å². The van der Waals surface area contributed by atoms with Crippen LogP contribution in [0.25, 0.3) is 11.3 Å². The zero-order valence-corrected chi connectivity index (χ0v) is 20.1. The zero-order chi connectivity index (χ0) is 28.8. The molecule has 2 atom stereocenters. The number of carbonyl (C=O) groups excluding carboxylic acids is 2. The molecule has 0 saturated carbocycles. The van der Waals surface area contributed by atoms with Crippen molar-refractivity contribution in [3.05, 3.63) is 82.5 Å². The summed E-state index contributed by atoms with van der Waals surface area (Å²) in [4.78, 5) is 28.8. The van der Waals surface area contributed by atoms with Crippen molar-refractivity contribution in [2.24, 2.45) is 5.73 Å². The molecule has 13 heteroatoms. The third-order valence-electron chi connectivity index (χ3n) is 6.48. The van der Waals surface area contributed by atoms with Crippen molar-refractivity contribution < 1.29 is 41.4 Å². The van der Waals surface area contributed by atoms with E-state index in [-0.39, 0.29) is 34.7 Å². The number of nitrogens with one attached hydrogen (secondary N) is 1. The Morgan fingerprint density at radius 3 is 2.44 bits per heavy atom. The topological polar surface area (TPSA) is 138 Å². The number of hydrogen-bond acceptors (Lipinski definition) is 6. The summed E-state index contributed by atoms with van der Waals surface area (Å²) >= 11 is 0. The molecule has 1 aliphatic rings. The highest BCUT2D eigenvalue weighted by molar-refractivity contribution is 5.94. The van der Waals surface area contributed by atoms with Gasteiger partial charge in [-0.1, -0.05) is 0 Å². The third kappa shape index (κ3) is 4.74. The number of halogens is 5. The fourth-order valence-corrected chi connectivity index (χ4v) is 4.00. The third-order valence-corrected chi connectivity index (χ3v) is 6.48. The fraction of sp³-hybridized carbons (Fsp3) is 0.231. The van der Waals surface area contributed by atoms with Crippen LogP contribution in [0.1, 0.15) is 34.1 Å². The molecule has 2 amide bonds. The van der Waals surface area contributed by atoms with Crippen molar-refractivity contribution in [3.8, 4) is 23.1 Å². The Bertz CT molecular complexity index is 1520. The second-order valence-electron chi connectivity index (χ2n) is 9.07. The standard InChI is InChI=1S/C26H19F5N4O4/c1-24(23(33)37)12-39-21-17(24)9-19(35-20(21)13-2-5-16(27)6-3-13)25(38,26(29,30)31)11-34-22(36)14-4-7-18(28)15(8-14)10-32/h2-9,38H,11-12H2,1H3,(H2,33,37)(H,34,36)/t24-,25?/m0/s1. The molecule has 0 spiro atoms. The first kappa shape index (κ1) is 27.5. The number of nitriles is 1. The van der Waals surface area contributed by atoms with Gasteiger partial charge >= 0.3 is 6.18 Å². The second kappa shape index (κ2) is 9.63. The van der Waals surface area contributed by atoms with Crippen LogP contribution in [0.3, 0.4) is 0 Å². The number of nitrogens with two attached hydrogens (primary N) is 1. The summed E-state index contributed by atoms with van der Waals surface area (Å²) in [5.41, 5.74) is -1.92. The smallest absolute Gasteiger partial charge is 0.424 e. The highest BCUT2D eigenvalue weighted by atomic mass is 19.4. The molecule has 8 nitrogen and oxygen atoms in total. The number of pyridine rings is 1. The fourth-order valence-electron chi connectivity index (χ4n) is 4.00. The van der Waals surface area contributed by atoms with E-state index in [0.29, 0.717) is 0 Å². The van der Waals surface area contributed by atoms with Crippen molar-refractivity contribution >= 4 is 11.8 Å². The number of primary amides is 1. The lowest BCUT2D eigenvalue weighted by atomic mass is 9.81. The number of rotatable bonds is 6. The van der Waals surface area contributed by atoms with Crippen molar-refractivity contribution in [1.82, 2.24) is 10.3 Å². The van der Waals surface area contributed by atoms with Crippen molar-refractivity contribution in [3.63, 3.8) is 0 Å². The van der Waals surface area contributed by atoms with Gasteiger partial charge in [-0.25, -0.2) is 13.8 Å². The molecule has 0 fully saturated rings. The minimum absolute atomic E-state index is 0.0736. The molecular formula is C26H19F5N4O4. The number of amides is 2. The first-order valence-corrected chi connectivity index (χ1v) is 11.2. The van der Waals surface area contributed by atoms with Gasteiger partial charge in [0.2, 0.25) is 11.5 Å². The summed E-state index contributed by atoms with van der Waals surface area (Å²) in [7, 11) is 0. The van der Waals surface area contributed by atoms with Crippen LogP contribution in [0, 0.1) is 23.0 Å². The van der Waals surface area contributed by atoms with Gasteiger partial charge in [-0.05, 0) is 55.5 Å². The van der Waals surface area contributed by atoms with E-state index in [0.717, 1.165) is 36.4 Å². The predicted molar refractivity (Wildman–Crippen MR) is 125 cm³/mol. The summed E-state index contributed by atoms with van der Waals surface area (Å²) in [6.07, 6.45) is -5.41. The van der Waals surface area contributed by atoms with E-state index in [9.17, 15) is 36.6 Å². The molecule has 2 heterocycles. The van der Waals surface area contributed by atoms with E-state index >= 15 is 0 Å². The van der Waals surface area contributed by atoms with E-state index in [1.165, 1.54) is 25.1 Å². The van der Waals surface area contributed by atoms with Gasteiger partial charge in [-0.15, -0.1) is 0 Å². The van der Waals surface area contributed by atoms with Gasteiger partial charge in [0.25, 0.3) is 5.91 Å². The summed E-state index contributed by atoms with van der Waals surface area (Å²) in [6, 6.07) is 9.44. The highest BCUT2D eigenvalue weighted by Gasteiger charge is 2.57. The number of fused-ring (bicyclic) bond motifs is 1.